The Balaban J connectivity index is 1.51. The van der Waals surface area contributed by atoms with Gasteiger partial charge in [-0.2, -0.15) is 5.10 Å². The Labute approximate surface area is 182 Å². The van der Waals surface area contributed by atoms with E-state index in [4.69, 9.17) is 0 Å². The van der Waals surface area contributed by atoms with Crippen LogP contribution in [0.2, 0.25) is 0 Å². The van der Waals surface area contributed by atoms with Crippen molar-refractivity contribution in [3.63, 3.8) is 0 Å². The van der Waals surface area contributed by atoms with Gasteiger partial charge in [-0.1, -0.05) is 49.4 Å². The van der Waals surface area contributed by atoms with Crippen LogP contribution < -0.4 is 0 Å². The third-order valence-electron chi connectivity index (χ3n) is 6.44. The summed E-state index contributed by atoms with van der Waals surface area (Å²) >= 11 is 0. The van der Waals surface area contributed by atoms with Crippen molar-refractivity contribution in [2.75, 3.05) is 6.54 Å². The van der Waals surface area contributed by atoms with E-state index >= 15 is 0 Å². The molecular formula is C26H28N4O. The summed E-state index contributed by atoms with van der Waals surface area (Å²) in [6.07, 6.45) is 6.92. The smallest absolute Gasteiger partial charge is 0.223 e. The molecule has 1 amide bonds. The fourth-order valence-electron chi connectivity index (χ4n) is 4.79. The molecule has 0 radical (unpaired) electrons. The molecule has 0 fully saturated rings. The van der Waals surface area contributed by atoms with E-state index in [0.717, 1.165) is 36.2 Å². The van der Waals surface area contributed by atoms with Crippen LogP contribution in [-0.2, 0) is 31.1 Å². The van der Waals surface area contributed by atoms with Crippen LogP contribution in [-0.4, -0.2) is 32.1 Å². The largest absolute Gasteiger partial charge is 0.356 e. The SMILES string of the molecule is CCc1ccc([C@@H]2c3[nH]c4ccccc4c3CCN2C(=O)CCc2cnn(C)c2)cc1. The topological polar surface area (TPSA) is 53.9 Å². The number of aromatic amines is 1. The van der Waals surface area contributed by atoms with Crippen molar-refractivity contribution in [3.8, 4) is 0 Å². The number of benzene rings is 2. The number of para-hydroxylation sites is 1. The quantitative estimate of drug-likeness (QED) is 0.522. The van der Waals surface area contributed by atoms with E-state index in [9.17, 15) is 4.79 Å². The second-order valence-corrected chi connectivity index (χ2v) is 8.42. The van der Waals surface area contributed by atoms with Gasteiger partial charge in [-0.3, -0.25) is 9.48 Å². The number of carbonyl (C=O) groups is 1. The van der Waals surface area contributed by atoms with Crippen LogP contribution in [0, 0.1) is 0 Å². The minimum Gasteiger partial charge on any atom is -0.356 e. The molecule has 2 aromatic heterocycles. The number of nitrogens with zero attached hydrogens (tertiary/aromatic N) is 3. The number of nitrogens with one attached hydrogen (secondary N) is 1. The molecule has 4 aromatic rings. The lowest BCUT2D eigenvalue weighted by molar-refractivity contribution is -0.133. The van der Waals surface area contributed by atoms with E-state index in [0.29, 0.717) is 12.8 Å². The third kappa shape index (κ3) is 3.65. The molecule has 2 aromatic carbocycles. The van der Waals surface area contributed by atoms with E-state index in [1.807, 2.05) is 19.4 Å². The second kappa shape index (κ2) is 8.06. The molecule has 0 bridgehead atoms. The monoisotopic (exact) mass is 412 g/mol. The standard InChI is InChI=1S/C26H28N4O/c1-3-18-8-11-20(12-9-18)26-25-22(21-6-4-5-7-23(21)28-25)14-15-30(26)24(31)13-10-19-16-27-29(2)17-19/h4-9,11-12,16-17,26,28H,3,10,13-15H2,1-2H3/t26-/m1/s1. The van der Waals surface area contributed by atoms with E-state index in [1.165, 1.54) is 22.1 Å². The van der Waals surface area contributed by atoms with Crippen molar-refractivity contribution in [2.24, 2.45) is 7.05 Å². The lowest BCUT2D eigenvalue weighted by Gasteiger charge is -2.36. The number of carbonyl (C=O) groups excluding carboxylic acids is 1. The maximum atomic E-state index is 13.4. The molecule has 0 saturated carbocycles. The normalized spacial score (nSPS) is 15.9. The van der Waals surface area contributed by atoms with Crippen molar-refractivity contribution in [1.29, 1.82) is 0 Å². The highest BCUT2D eigenvalue weighted by atomic mass is 16.2. The van der Waals surface area contributed by atoms with Gasteiger partial charge in [-0.25, -0.2) is 0 Å². The van der Waals surface area contributed by atoms with E-state index in [2.05, 4.69) is 70.4 Å². The predicted octanol–water partition coefficient (Wildman–Crippen LogP) is 4.57. The lowest BCUT2D eigenvalue weighted by atomic mass is 9.91. The van der Waals surface area contributed by atoms with E-state index in [-0.39, 0.29) is 11.9 Å². The highest BCUT2D eigenvalue weighted by molar-refractivity contribution is 5.86. The van der Waals surface area contributed by atoms with Crippen molar-refractivity contribution in [2.45, 2.75) is 38.6 Å². The zero-order chi connectivity index (χ0) is 21.4. The molecule has 0 unspecified atom stereocenters. The summed E-state index contributed by atoms with van der Waals surface area (Å²) in [6, 6.07) is 17.1. The summed E-state index contributed by atoms with van der Waals surface area (Å²) in [5.74, 6) is 0.192. The summed E-state index contributed by atoms with van der Waals surface area (Å²) in [5, 5.41) is 5.50. The molecule has 5 nitrogen and oxygen atoms in total. The Bertz CT molecular complexity index is 1220. The van der Waals surface area contributed by atoms with Gasteiger partial charge in [0.1, 0.15) is 0 Å². The number of amides is 1. The summed E-state index contributed by atoms with van der Waals surface area (Å²) in [5.41, 5.74) is 7.23. The second-order valence-electron chi connectivity index (χ2n) is 8.42. The molecule has 1 aliphatic heterocycles. The molecule has 5 rings (SSSR count). The number of aromatic nitrogens is 3. The molecule has 1 atom stereocenters. The van der Waals surface area contributed by atoms with Gasteiger partial charge in [-0.05, 0) is 47.6 Å². The lowest BCUT2D eigenvalue weighted by Crippen LogP contribution is -2.40. The first-order valence-electron chi connectivity index (χ1n) is 11.1. The summed E-state index contributed by atoms with van der Waals surface area (Å²) in [7, 11) is 1.91. The Morgan fingerprint density at radius 1 is 1.13 bits per heavy atom. The van der Waals surface area contributed by atoms with Gasteiger partial charge in [0.05, 0.1) is 12.2 Å². The van der Waals surface area contributed by atoms with Crippen LogP contribution in [0.1, 0.15) is 47.3 Å². The van der Waals surface area contributed by atoms with Crippen LogP contribution >= 0.6 is 0 Å². The number of hydrogen-bond acceptors (Lipinski definition) is 2. The van der Waals surface area contributed by atoms with Crippen molar-refractivity contribution in [3.05, 3.63) is 88.9 Å². The maximum Gasteiger partial charge on any atom is 0.223 e. The van der Waals surface area contributed by atoms with E-state index in [1.54, 1.807) is 4.68 Å². The van der Waals surface area contributed by atoms with Crippen molar-refractivity contribution in [1.82, 2.24) is 19.7 Å². The summed E-state index contributed by atoms with van der Waals surface area (Å²) in [6.45, 7) is 2.90. The zero-order valence-corrected chi connectivity index (χ0v) is 18.1. The number of fused-ring (bicyclic) bond motifs is 3. The van der Waals surface area contributed by atoms with Gasteiger partial charge < -0.3 is 9.88 Å². The molecule has 1 N–H and O–H groups in total. The first-order valence-corrected chi connectivity index (χ1v) is 11.1. The van der Waals surface area contributed by atoms with Gasteiger partial charge >= 0.3 is 0 Å². The molecule has 0 aliphatic carbocycles. The maximum absolute atomic E-state index is 13.4. The van der Waals surface area contributed by atoms with Gasteiger partial charge in [-0.15, -0.1) is 0 Å². The van der Waals surface area contributed by atoms with Gasteiger partial charge in [0.15, 0.2) is 0 Å². The average Bonchev–Trinajstić information content (AvgIpc) is 3.40. The summed E-state index contributed by atoms with van der Waals surface area (Å²) < 4.78 is 1.79. The molecule has 0 saturated heterocycles. The number of H-pyrrole nitrogens is 1. The van der Waals surface area contributed by atoms with Crippen LogP contribution in [0.3, 0.4) is 0 Å². The molecular weight excluding hydrogens is 384 g/mol. The zero-order valence-electron chi connectivity index (χ0n) is 18.1. The molecule has 5 heteroatoms. The van der Waals surface area contributed by atoms with Crippen LogP contribution in [0.15, 0.2) is 60.9 Å². The summed E-state index contributed by atoms with van der Waals surface area (Å²) in [4.78, 5) is 19.1. The molecule has 3 heterocycles. The average molecular weight is 413 g/mol. The van der Waals surface area contributed by atoms with Crippen LogP contribution in [0.25, 0.3) is 10.9 Å². The highest BCUT2D eigenvalue weighted by Gasteiger charge is 2.34. The number of aryl methyl sites for hydroxylation is 3. The van der Waals surface area contributed by atoms with Crippen LogP contribution in [0.5, 0.6) is 0 Å². The first kappa shape index (κ1) is 19.6. The minimum atomic E-state index is -0.0801. The predicted molar refractivity (Wildman–Crippen MR) is 123 cm³/mol. The fourth-order valence-corrected chi connectivity index (χ4v) is 4.79. The van der Waals surface area contributed by atoms with E-state index < -0.39 is 0 Å². The Kier molecular flexibility index (Phi) is 5.10. The van der Waals surface area contributed by atoms with Gasteiger partial charge in [0.2, 0.25) is 5.91 Å². The Morgan fingerprint density at radius 2 is 1.94 bits per heavy atom. The Morgan fingerprint density at radius 3 is 2.68 bits per heavy atom. The molecule has 0 spiro atoms. The molecule has 31 heavy (non-hydrogen) atoms. The Hall–Kier alpha value is -3.34. The minimum absolute atomic E-state index is 0.0801. The highest BCUT2D eigenvalue weighted by Crippen LogP contribution is 2.38. The van der Waals surface area contributed by atoms with Crippen LogP contribution in [0.4, 0.5) is 0 Å². The number of hydrogen-bond donors (Lipinski definition) is 1. The number of rotatable bonds is 5. The van der Waals surface area contributed by atoms with Gasteiger partial charge in [0.25, 0.3) is 0 Å². The van der Waals surface area contributed by atoms with Gasteiger partial charge in [0, 0.05) is 42.8 Å². The first-order chi connectivity index (χ1) is 15.1. The molecule has 1 aliphatic rings. The third-order valence-corrected chi connectivity index (χ3v) is 6.44. The van der Waals surface area contributed by atoms with Crippen molar-refractivity contribution < 1.29 is 4.79 Å². The molecule has 158 valence electrons. The fraction of sp³-hybridized carbons (Fsp3) is 0.308. The van der Waals surface area contributed by atoms with Crippen molar-refractivity contribution >= 4 is 16.8 Å².